The van der Waals surface area contributed by atoms with E-state index in [0.29, 0.717) is 62.3 Å². The van der Waals surface area contributed by atoms with Crippen molar-refractivity contribution in [3.05, 3.63) is 70.0 Å². The lowest BCUT2D eigenvalue weighted by atomic mass is 9.88. The van der Waals surface area contributed by atoms with E-state index in [2.05, 4.69) is 4.90 Å². The number of hydrogen-bond acceptors (Lipinski definition) is 4. The number of carbonyl (C=O) groups excluding carboxylic acids is 2. The molecule has 3 atom stereocenters. The standard InChI is InChI=1S/C29H32F7N3O3/c1-17-12-23(30)4-5-25(17)26-16-24(38-10-8-37(9-11-38)19(3)40)6-7-39(26)27(41)42-18(2)20-13-21(28(31,32)33)15-22(14-20)29(34,35)36/h4-5,12-15,18,24,26H,6-11,16H2,1-3H3/t18-,24?,26?/m1/s1. The zero-order valence-corrected chi connectivity index (χ0v) is 23.4. The average molecular weight is 604 g/mol. The van der Waals surface area contributed by atoms with E-state index in [1.165, 1.54) is 30.9 Å². The van der Waals surface area contributed by atoms with Gasteiger partial charge in [-0.25, -0.2) is 9.18 Å². The summed E-state index contributed by atoms with van der Waals surface area (Å²) < 4.78 is 99.6. The number of piperazine rings is 1. The molecule has 0 radical (unpaired) electrons. The van der Waals surface area contributed by atoms with E-state index in [1.54, 1.807) is 17.9 Å². The van der Waals surface area contributed by atoms with Crippen molar-refractivity contribution in [1.82, 2.24) is 14.7 Å². The quantitative estimate of drug-likeness (QED) is 0.364. The van der Waals surface area contributed by atoms with Gasteiger partial charge in [0.25, 0.3) is 0 Å². The Bertz CT molecular complexity index is 1270. The highest BCUT2D eigenvalue weighted by Gasteiger charge is 2.40. The summed E-state index contributed by atoms with van der Waals surface area (Å²) in [6.07, 6.45) is -11.4. The highest BCUT2D eigenvalue weighted by Crippen LogP contribution is 2.39. The Hall–Kier alpha value is -3.35. The molecule has 4 rings (SSSR count). The van der Waals surface area contributed by atoms with Gasteiger partial charge in [0.15, 0.2) is 0 Å². The molecule has 2 amide bonds. The summed E-state index contributed by atoms with van der Waals surface area (Å²) in [5.74, 6) is -0.471. The Morgan fingerprint density at radius 1 is 0.905 bits per heavy atom. The number of alkyl halides is 6. The third-order valence-electron chi connectivity index (χ3n) is 8.03. The third-order valence-corrected chi connectivity index (χ3v) is 8.03. The van der Waals surface area contributed by atoms with E-state index in [9.17, 15) is 40.3 Å². The molecule has 2 aromatic rings. The number of benzene rings is 2. The van der Waals surface area contributed by atoms with E-state index in [-0.39, 0.29) is 24.6 Å². The van der Waals surface area contributed by atoms with Crippen LogP contribution < -0.4 is 0 Å². The molecule has 2 unspecified atom stereocenters. The fraction of sp³-hybridized carbons (Fsp3) is 0.517. The van der Waals surface area contributed by atoms with Crippen molar-refractivity contribution >= 4 is 12.0 Å². The van der Waals surface area contributed by atoms with Gasteiger partial charge in [0.1, 0.15) is 11.9 Å². The van der Waals surface area contributed by atoms with Crippen molar-refractivity contribution in [2.24, 2.45) is 0 Å². The largest absolute Gasteiger partial charge is 0.442 e. The number of hydrogen-bond donors (Lipinski definition) is 0. The molecule has 0 bridgehead atoms. The van der Waals surface area contributed by atoms with Crippen molar-refractivity contribution in [3.63, 3.8) is 0 Å². The molecule has 13 heteroatoms. The van der Waals surface area contributed by atoms with E-state index in [4.69, 9.17) is 4.74 Å². The maximum Gasteiger partial charge on any atom is 0.416 e. The average Bonchev–Trinajstić information content (AvgIpc) is 2.91. The van der Waals surface area contributed by atoms with Crippen LogP contribution in [0.2, 0.25) is 0 Å². The predicted molar refractivity (Wildman–Crippen MR) is 139 cm³/mol. The van der Waals surface area contributed by atoms with E-state index < -0.39 is 53.1 Å². The lowest BCUT2D eigenvalue weighted by molar-refractivity contribution is -0.143. The second-order valence-electron chi connectivity index (χ2n) is 10.8. The number of piperidine rings is 1. The van der Waals surface area contributed by atoms with Crippen LogP contribution in [0.4, 0.5) is 35.5 Å². The first-order chi connectivity index (χ1) is 19.5. The molecule has 6 nitrogen and oxygen atoms in total. The molecule has 2 aliphatic rings. The topological polar surface area (TPSA) is 53.1 Å². The van der Waals surface area contributed by atoms with Crippen molar-refractivity contribution in [2.45, 2.75) is 64.2 Å². The van der Waals surface area contributed by atoms with Gasteiger partial charge in [-0.15, -0.1) is 0 Å². The summed E-state index contributed by atoms with van der Waals surface area (Å²) in [6.45, 7) is 7.01. The van der Waals surface area contributed by atoms with Gasteiger partial charge in [0.2, 0.25) is 5.91 Å². The minimum atomic E-state index is -5.04. The zero-order valence-electron chi connectivity index (χ0n) is 23.4. The molecular formula is C29H32F7N3O3. The number of likely N-dealkylation sites (tertiary alicyclic amines) is 1. The van der Waals surface area contributed by atoms with Crippen molar-refractivity contribution in [3.8, 4) is 0 Å². The van der Waals surface area contributed by atoms with Crippen molar-refractivity contribution < 1.29 is 45.1 Å². The molecule has 230 valence electrons. The molecule has 0 aliphatic carbocycles. The van der Waals surface area contributed by atoms with Crippen LogP contribution in [0.15, 0.2) is 36.4 Å². The molecule has 0 N–H and O–H groups in total. The first-order valence-electron chi connectivity index (χ1n) is 13.6. The van der Waals surface area contributed by atoms with Gasteiger partial charge in [-0.2, -0.15) is 26.3 Å². The van der Waals surface area contributed by atoms with Crippen molar-refractivity contribution in [2.75, 3.05) is 32.7 Å². The van der Waals surface area contributed by atoms with Gasteiger partial charge in [-0.05, 0) is 73.7 Å². The summed E-state index contributed by atoms with van der Waals surface area (Å²) >= 11 is 0. The van der Waals surface area contributed by atoms with Gasteiger partial charge in [-0.3, -0.25) is 9.69 Å². The highest BCUT2D eigenvalue weighted by molar-refractivity contribution is 5.73. The molecule has 0 aromatic heterocycles. The Kier molecular flexibility index (Phi) is 9.10. The second kappa shape index (κ2) is 12.1. The summed E-state index contributed by atoms with van der Waals surface area (Å²) in [6, 6.07) is 4.71. The van der Waals surface area contributed by atoms with Crippen LogP contribution in [-0.2, 0) is 21.9 Å². The van der Waals surface area contributed by atoms with Crippen LogP contribution in [-0.4, -0.2) is 65.5 Å². The summed E-state index contributed by atoms with van der Waals surface area (Å²) in [5.41, 5.74) is -2.20. The molecule has 0 saturated carbocycles. The van der Waals surface area contributed by atoms with Crippen LogP contribution in [0.1, 0.15) is 66.7 Å². The van der Waals surface area contributed by atoms with Crippen LogP contribution in [0.5, 0.6) is 0 Å². The number of amides is 2. The summed E-state index contributed by atoms with van der Waals surface area (Å²) in [7, 11) is 0. The van der Waals surface area contributed by atoms with E-state index in [1.807, 2.05) is 0 Å². The van der Waals surface area contributed by atoms with Crippen LogP contribution in [0, 0.1) is 12.7 Å². The Morgan fingerprint density at radius 2 is 1.50 bits per heavy atom. The first kappa shape index (κ1) is 31.6. The van der Waals surface area contributed by atoms with Gasteiger partial charge in [-0.1, -0.05) is 6.07 Å². The minimum absolute atomic E-state index is 0.00993. The van der Waals surface area contributed by atoms with Crippen LogP contribution >= 0.6 is 0 Å². The summed E-state index contributed by atoms with van der Waals surface area (Å²) in [5, 5.41) is 0. The van der Waals surface area contributed by atoms with E-state index in [0.717, 1.165) is 0 Å². The smallest absolute Gasteiger partial charge is 0.416 e. The zero-order chi connectivity index (χ0) is 31.0. The minimum Gasteiger partial charge on any atom is -0.442 e. The monoisotopic (exact) mass is 603 g/mol. The highest BCUT2D eigenvalue weighted by atomic mass is 19.4. The molecule has 2 aromatic carbocycles. The third kappa shape index (κ3) is 7.16. The second-order valence-corrected chi connectivity index (χ2v) is 10.8. The maximum atomic E-state index is 13.9. The van der Waals surface area contributed by atoms with E-state index >= 15 is 0 Å². The first-order valence-corrected chi connectivity index (χ1v) is 13.6. The maximum absolute atomic E-state index is 13.9. The van der Waals surface area contributed by atoms with Crippen LogP contribution in [0.25, 0.3) is 0 Å². The Balaban J connectivity index is 1.58. The van der Waals surface area contributed by atoms with Crippen LogP contribution in [0.3, 0.4) is 0 Å². The lowest BCUT2D eigenvalue weighted by Gasteiger charge is -2.46. The van der Waals surface area contributed by atoms with Gasteiger partial charge < -0.3 is 14.5 Å². The number of rotatable bonds is 4. The predicted octanol–water partition coefficient (Wildman–Crippen LogP) is 6.74. The number of ether oxygens (including phenoxy) is 1. The number of carbonyl (C=O) groups is 2. The fourth-order valence-corrected chi connectivity index (χ4v) is 5.71. The van der Waals surface area contributed by atoms with Gasteiger partial charge in [0.05, 0.1) is 17.2 Å². The SMILES string of the molecule is CC(=O)N1CCN(C2CCN(C(=O)O[C@H](C)c3cc(C(F)(F)F)cc(C(F)(F)F)c3)C(c3ccc(F)cc3C)C2)CC1. The molecular weight excluding hydrogens is 571 g/mol. The molecule has 2 saturated heterocycles. The van der Waals surface area contributed by atoms with Gasteiger partial charge in [0, 0.05) is 45.7 Å². The Morgan fingerprint density at radius 3 is 2.02 bits per heavy atom. The number of aryl methyl sites for hydroxylation is 1. The van der Waals surface area contributed by atoms with Crippen molar-refractivity contribution in [1.29, 1.82) is 0 Å². The molecule has 2 fully saturated rings. The number of halogens is 7. The summed E-state index contributed by atoms with van der Waals surface area (Å²) in [4.78, 5) is 30.6. The Labute approximate surface area is 239 Å². The number of nitrogens with zero attached hydrogens (tertiary/aromatic N) is 3. The lowest BCUT2D eigenvalue weighted by Crippen LogP contribution is -2.55. The molecule has 2 aliphatic heterocycles. The normalized spacial score (nSPS) is 21.3. The molecule has 42 heavy (non-hydrogen) atoms. The molecule has 0 spiro atoms. The fourth-order valence-electron chi connectivity index (χ4n) is 5.71. The van der Waals surface area contributed by atoms with Gasteiger partial charge >= 0.3 is 18.4 Å². The molecule has 2 heterocycles.